The number of allylic oxidation sites excluding steroid dienone is 1. The Balaban J connectivity index is 2.65. The Bertz CT molecular complexity index is 547. The summed E-state index contributed by atoms with van der Waals surface area (Å²) in [7, 11) is 0. The third-order valence-corrected chi connectivity index (χ3v) is 2.92. The Labute approximate surface area is 132 Å². The summed E-state index contributed by atoms with van der Waals surface area (Å²) in [6.07, 6.45) is 0.550. The molecule has 0 fully saturated rings. The highest BCUT2D eigenvalue weighted by Gasteiger charge is 2.14. The molecule has 0 N–H and O–H groups in total. The number of carbonyl (C=O) groups is 1. The quantitative estimate of drug-likeness (QED) is 0.594. The van der Waals surface area contributed by atoms with Crippen LogP contribution in [-0.4, -0.2) is 12.1 Å². The van der Waals surface area contributed by atoms with Crippen molar-refractivity contribution >= 4 is 17.6 Å². The molecule has 3 heteroatoms. The number of ether oxygens (including phenoxy) is 1. The minimum Gasteiger partial charge on any atom is -0.449 e. The molecule has 0 saturated carbocycles. The summed E-state index contributed by atoms with van der Waals surface area (Å²) < 4.78 is 5.46. The molecule has 1 aromatic rings. The Kier molecular flexibility index (Phi) is 7.05. The van der Waals surface area contributed by atoms with Gasteiger partial charge in [-0.1, -0.05) is 56.0 Å². The lowest BCUT2D eigenvalue weighted by molar-refractivity contribution is -0.146. The zero-order valence-corrected chi connectivity index (χ0v) is 13.5. The molecule has 1 rings (SSSR count). The average Bonchev–Trinajstić information content (AvgIpc) is 2.38. The second-order valence-corrected chi connectivity index (χ2v) is 5.90. The molecule has 0 saturated heterocycles. The molecule has 21 heavy (non-hydrogen) atoms. The maximum atomic E-state index is 12.0. The van der Waals surface area contributed by atoms with Crippen molar-refractivity contribution in [2.45, 2.75) is 39.7 Å². The van der Waals surface area contributed by atoms with Gasteiger partial charge in [0, 0.05) is 5.02 Å². The Hall–Kier alpha value is -1.72. The van der Waals surface area contributed by atoms with E-state index >= 15 is 0 Å². The van der Waals surface area contributed by atoms with Crippen LogP contribution in [0.25, 0.3) is 0 Å². The number of esters is 1. The summed E-state index contributed by atoms with van der Waals surface area (Å²) in [6.45, 7) is 9.71. The van der Waals surface area contributed by atoms with Crippen LogP contribution < -0.4 is 0 Å². The summed E-state index contributed by atoms with van der Waals surface area (Å²) in [5.74, 6) is 5.97. The van der Waals surface area contributed by atoms with Crippen LogP contribution in [0.2, 0.25) is 5.02 Å². The fourth-order valence-corrected chi connectivity index (χ4v) is 1.86. The first-order valence-electron chi connectivity index (χ1n) is 6.97. The van der Waals surface area contributed by atoms with Gasteiger partial charge >= 0.3 is 5.97 Å². The van der Waals surface area contributed by atoms with Gasteiger partial charge in [0.2, 0.25) is 0 Å². The number of rotatable bonds is 5. The van der Waals surface area contributed by atoms with Gasteiger partial charge in [0.25, 0.3) is 0 Å². The van der Waals surface area contributed by atoms with E-state index in [2.05, 4.69) is 32.3 Å². The molecule has 0 aromatic heterocycles. The fourth-order valence-electron chi connectivity index (χ4n) is 1.74. The van der Waals surface area contributed by atoms with Gasteiger partial charge in [0.15, 0.2) is 6.10 Å². The fraction of sp³-hybridized carbons (Fsp3) is 0.389. The lowest BCUT2D eigenvalue weighted by Gasteiger charge is -2.14. The maximum Gasteiger partial charge on any atom is 0.311 e. The van der Waals surface area contributed by atoms with E-state index in [9.17, 15) is 4.79 Å². The number of benzene rings is 1. The van der Waals surface area contributed by atoms with Crippen molar-refractivity contribution in [3.8, 4) is 11.8 Å². The van der Waals surface area contributed by atoms with Gasteiger partial charge in [-0.3, -0.25) is 4.79 Å². The first kappa shape index (κ1) is 17.3. The highest BCUT2D eigenvalue weighted by Crippen LogP contribution is 2.12. The summed E-state index contributed by atoms with van der Waals surface area (Å²) in [4.78, 5) is 12.0. The lowest BCUT2D eigenvalue weighted by atomic mass is 10.1. The third-order valence-electron chi connectivity index (χ3n) is 2.67. The predicted octanol–water partition coefficient (Wildman–Crippen LogP) is 4.42. The average molecular weight is 305 g/mol. The highest BCUT2D eigenvalue weighted by molar-refractivity contribution is 6.30. The number of hydrogen-bond donors (Lipinski definition) is 0. The van der Waals surface area contributed by atoms with Crippen LogP contribution in [0.5, 0.6) is 0 Å². The molecule has 0 aliphatic carbocycles. The van der Waals surface area contributed by atoms with Crippen LogP contribution in [0.4, 0.5) is 0 Å². The second-order valence-electron chi connectivity index (χ2n) is 5.46. The zero-order chi connectivity index (χ0) is 15.8. The van der Waals surface area contributed by atoms with E-state index in [1.807, 2.05) is 19.1 Å². The number of carbonyl (C=O) groups excluding carboxylic acids is 1. The minimum atomic E-state index is -0.387. The summed E-state index contributed by atoms with van der Waals surface area (Å²) in [5, 5.41) is 0.650. The molecule has 1 atom stereocenters. The van der Waals surface area contributed by atoms with Crippen LogP contribution in [0.15, 0.2) is 36.4 Å². The van der Waals surface area contributed by atoms with Crippen LogP contribution in [0.1, 0.15) is 32.8 Å². The molecule has 0 aliphatic rings. The van der Waals surface area contributed by atoms with Crippen molar-refractivity contribution in [2.75, 3.05) is 0 Å². The van der Waals surface area contributed by atoms with E-state index in [1.54, 1.807) is 12.1 Å². The highest BCUT2D eigenvalue weighted by atomic mass is 35.5. The normalized spacial score (nSPS) is 11.5. The van der Waals surface area contributed by atoms with Gasteiger partial charge in [-0.15, -0.1) is 0 Å². The Morgan fingerprint density at radius 1 is 1.33 bits per heavy atom. The Morgan fingerprint density at radius 2 is 1.95 bits per heavy atom. The van der Waals surface area contributed by atoms with Gasteiger partial charge in [0.05, 0.1) is 6.42 Å². The standard InChI is InChI=1S/C18H21ClO2/c1-13(2)5-10-17(11-14(3)4)21-18(20)12-15-6-8-16(19)9-7-15/h6-9,14,17H,1,11-12H2,2-4H3. The largest absolute Gasteiger partial charge is 0.449 e. The van der Waals surface area contributed by atoms with Crippen LogP contribution in [0, 0.1) is 17.8 Å². The van der Waals surface area contributed by atoms with Gasteiger partial charge in [0.1, 0.15) is 0 Å². The summed E-state index contributed by atoms with van der Waals surface area (Å²) in [5.41, 5.74) is 1.64. The first-order valence-corrected chi connectivity index (χ1v) is 7.35. The molecule has 1 aromatic carbocycles. The molecule has 0 spiro atoms. The molecule has 1 unspecified atom stereocenters. The van der Waals surface area contributed by atoms with E-state index in [0.29, 0.717) is 17.4 Å². The maximum absolute atomic E-state index is 12.0. The van der Waals surface area contributed by atoms with Crippen molar-refractivity contribution in [3.05, 3.63) is 47.0 Å². The smallest absolute Gasteiger partial charge is 0.311 e. The molecule has 0 radical (unpaired) electrons. The van der Waals surface area contributed by atoms with Crippen molar-refractivity contribution in [1.82, 2.24) is 0 Å². The lowest BCUT2D eigenvalue weighted by Crippen LogP contribution is -2.20. The second kappa shape index (κ2) is 8.54. The van der Waals surface area contributed by atoms with Crippen molar-refractivity contribution in [3.63, 3.8) is 0 Å². The molecular weight excluding hydrogens is 284 g/mol. The van der Waals surface area contributed by atoms with E-state index in [4.69, 9.17) is 16.3 Å². The van der Waals surface area contributed by atoms with Gasteiger partial charge < -0.3 is 4.74 Å². The monoisotopic (exact) mass is 304 g/mol. The molecule has 112 valence electrons. The third kappa shape index (κ3) is 7.58. The molecule has 2 nitrogen and oxygen atoms in total. The Morgan fingerprint density at radius 3 is 2.48 bits per heavy atom. The van der Waals surface area contributed by atoms with Crippen molar-refractivity contribution in [1.29, 1.82) is 0 Å². The SMILES string of the molecule is C=C(C)C#CC(CC(C)C)OC(=O)Cc1ccc(Cl)cc1. The summed E-state index contributed by atoms with van der Waals surface area (Å²) >= 11 is 5.82. The molecule has 0 amide bonds. The number of hydrogen-bond acceptors (Lipinski definition) is 2. The van der Waals surface area contributed by atoms with Gasteiger partial charge in [-0.2, -0.15) is 0 Å². The van der Waals surface area contributed by atoms with Crippen LogP contribution in [0.3, 0.4) is 0 Å². The molecule has 0 bridgehead atoms. The van der Waals surface area contributed by atoms with Gasteiger partial charge in [-0.25, -0.2) is 0 Å². The van der Waals surface area contributed by atoms with E-state index in [1.165, 1.54) is 0 Å². The minimum absolute atomic E-state index is 0.223. The van der Waals surface area contributed by atoms with E-state index in [-0.39, 0.29) is 18.5 Å². The molecule has 0 heterocycles. The van der Waals surface area contributed by atoms with Crippen LogP contribution in [-0.2, 0) is 16.0 Å². The molecule has 0 aliphatic heterocycles. The van der Waals surface area contributed by atoms with E-state index < -0.39 is 0 Å². The van der Waals surface area contributed by atoms with Crippen molar-refractivity contribution < 1.29 is 9.53 Å². The van der Waals surface area contributed by atoms with Crippen molar-refractivity contribution in [2.24, 2.45) is 5.92 Å². The zero-order valence-electron chi connectivity index (χ0n) is 12.8. The van der Waals surface area contributed by atoms with E-state index in [0.717, 1.165) is 11.1 Å². The predicted molar refractivity (Wildman–Crippen MR) is 87.1 cm³/mol. The van der Waals surface area contributed by atoms with Crippen LogP contribution >= 0.6 is 11.6 Å². The van der Waals surface area contributed by atoms with Gasteiger partial charge in [-0.05, 0) is 42.5 Å². The topological polar surface area (TPSA) is 26.3 Å². The first-order chi connectivity index (χ1) is 9.86. The number of halogens is 1. The summed E-state index contributed by atoms with van der Waals surface area (Å²) in [6, 6.07) is 7.16. The molecular formula is C18H21ClO2.